The average Bonchev–Trinajstić information content (AvgIpc) is 2.76. The fourth-order valence-electron chi connectivity index (χ4n) is 4.34. The first-order valence-corrected chi connectivity index (χ1v) is 10.3. The van der Waals surface area contributed by atoms with Gasteiger partial charge >= 0.3 is 0 Å². The maximum atomic E-state index is 13.1. The molecule has 4 rings (SSSR count). The smallest absolute Gasteiger partial charge is 0.227 e. The number of carbonyl (C=O) groups excluding carboxylic acids is 1. The lowest BCUT2D eigenvalue weighted by Crippen LogP contribution is -2.52. The van der Waals surface area contributed by atoms with E-state index in [-0.39, 0.29) is 23.5 Å². The van der Waals surface area contributed by atoms with Crippen LogP contribution < -0.4 is 4.90 Å². The molecular formula is C23H27F2N3O. The number of rotatable bonds is 4. The van der Waals surface area contributed by atoms with Gasteiger partial charge in [-0.05, 0) is 61.3 Å². The summed E-state index contributed by atoms with van der Waals surface area (Å²) < 4.78 is 26.2. The highest BCUT2D eigenvalue weighted by molar-refractivity contribution is 5.79. The van der Waals surface area contributed by atoms with Crippen molar-refractivity contribution in [1.82, 2.24) is 9.80 Å². The summed E-state index contributed by atoms with van der Waals surface area (Å²) in [5, 5.41) is 0. The number of piperazine rings is 1. The van der Waals surface area contributed by atoms with Gasteiger partial charge in [-0.2, -0.15) is 0 Å². The Morgan fingerprint density at radius 3 is 2.14 bits per heavy atom. The molecule has 6 heteroatoms. The van der Waals surface area contributed by atoms with Crippen molar-refractivity contribution < 1.29 is 13.6 Å². The number of likely N-dealkylation sites (tertiary alicyclic amines) is 1. The summed E-state index contributed by atoms with van der Waals surface area (Å²) in [7, 11) is 0. The third kappa shape index (κ3) is 4.93. The van der Waals surface area contributed by atoms with Crippen LogP contribution >= 0.6 is 0 Å². The quantitative estimate of drug-likeness (QED) is 0.787. The molecule has 0 aliphatic carbocycles. The minimum absolute atomic E-state index is 0.0292. The average molecular weight is 399 g/mol. The molecule has 0 bridgehead atoms. The summed E-state index contributed by atoms with van der Waals surface area (Å²) in [5.74, 6) is -0.181. The van der Waals surface area contributed by atoms with Crippen LogP contribution in [0.5, 0.6) is 0 Å². The van der Waals surface area contributed by atoms with E-state index in [2.05, 4.69) is 9.80 Å². The van der Waals surface area contributed by atoms with E-state index in [9.17, 15) is 13.6 Å². The molecule has 0 saturated carbocycles. The van der Waals surface area contributed by atoms with E-state index in [0.717, 1.165) is 56.8 Å². The van der Waals surface area contributed by atoms with Crippen LogP contribution in [0.3, 0.4) is 0 Å². The minimum Gasteiger partial charge on any atom is -0.368 e. The zero-order valence-electron chi connectivity index (χ0n) is 16.6. The SMILES string of the molecule is O=C(C1CCCN(Cc2ccc(F)cc2)C1)N1CCN(c2ccc(F)cc2)CC1. The Morgan fingerprint density at radius 2 is 1.48 bits per heavy atom. The molecule has 2 heterocycles. The Balaban J connectivity index is 1.30. The number of benzene rings is 2. The molecule has 1 amide bonds. The van der Waals surface area contributed by atoms with Gasteiger partial charge < -0.3 is 9.80 Å². The van der Waals surface area contributed by atoms with Gasteiger partial charge in [0, 0.05) is 45.0 Å². The molecule has 29 heavy (non-hydrogen) atoms. The number of halogens is 2. The van der Waals surface area contributed by atoms with Crippen LogP contribution in [0.4, 0.5) is 14.5 Å². The normalized spacial score (nSPS) is 20.7. The number of hydrogen-bond donors (Lipinski definition) is 0. The Kier molecular flexibility index (Phi) is 6.09. The summed E-state index contributed by atoms with van der Waals surface area (Å²) in [6, 6.07) is 13.1. The van der Waals surface area contributed by atoms with Crippen LogP contribution in [0.25, 0.3) is 0 Å². The summed E-state index contributed by atoms with van der Waals surface area (Å²) >= 11 is 0. The third-order valence-electron chi connectivity index (χ3n) is 5.96. The lowest BCUT2D eigenvalue weighted by atomic mass is 9.95. The molecule has 4 nitrogen and oxygen atoms in total. The first kappa shape index (κ1) is 19.8. The van der Waals surface area contributed by atoms with Gasteiger partial charge in [0.2, 0.25) is 5.91 Å². The van der Waals surface area contributed by atoms with Gasteiger partial charge in [-0.3, -0.25) is 9.69 Å². The van der Waals surface area contributed by atoms with Crippen LogP contribution in [-0.4, -0.2) is 55.0 Å². The minimum atomic E-state index is -0.231. The van der Waals surface area contributed by atoms with Crippen molar-refractivity contribution in [2.24, 2.45) is 5.92 Å². The van der Waals surface area contributed by atoms with Crippen LogP contribution in [0.1, 0.15) is 18.4 Å². The monoisotopic (exact) mass is 399 g/mol. The van der Waals surface area contributed by atoms with E-state index >= 15 is 0 Å². The molecule has 154 valence electrons. The second kappa shape index (κ2) is 8.91. The second-order valence-electron chi connectivity index (χ2n) is 7.99. The summed E-state index contributed by atoms with van der Waals surface area (Å²) in [6.45, 7) is 5.42. The fraction of sp³-hybridized carbons (Fsp3) is 0.435. The maximum absolute atomic E-state index is 13.1. The number of hydrogen-bond acceptors (Lipinski definition) is 3. The van der Waals surface area contributed by atoms with Crippen molar-refractivity contribution in [1.29, 1.82) is 0 Å². The standard InChI is InChI=1S/C23H27F2N3O/c24-20-5-3-18(4-6-20)16-26-11-1-2-19(17-26)23(29)28-14-12-27(13-15-28)22-9-7-21(25)8-10-22/h3-10,19H,1-2,11-17H2. The van der Waals surface area contributed by atoms with Gasteiger partial charge in [-0.25, -0.2) is 8.78 Å². The molecule has 2 aliphatic heterocycles. The zero-order valence-corrected chi connectivity index (χ0v) is 16.6. The lowest BCUT2D eigenvalue weighted by Gasteiger charge is -2.39. The van der Waals surface area contributed by atoms with Crippen molar-refractivity contribution in [2.45, 2.75) is 19.4 Å². The summed E-state index contributed by atoms with van der Waals surface area (Å²) in [6.07, 6.45) is 1.93. The van der Waals surface area contributed by atoms with Crippen molar-refractivity contribution in [2.75, 3.05) is 44.2 Å². The van der Waals surface area contributed by atoms with Crippen LogP contribution in [0.2, 0.25) is 0 Å². The van der Waals surface area contributed by atoms with E-state index in [1.807, 2.05) is 17.0 Å². The van der Waals surface area contributed by atoms with Gasteiger partial charge in [0.05, 0.1) is 5.92 Å². The third-order valence-corrected chi connectivity index (χ3v) is 5.96. The van der Waals surface area contributed by atoms with Gasteiger partial charge in [0.15, 0.2) is 0 Å². The molecule has 0 aromatic heterocycles. The van der Waals surface area contributed by atoms with Gasteiger partial charge in [-0.1, -0.05) is 12.1 Å². The van der Waals surface area contributed by atoms with Gasteiger partial charge in [0.1, 0.15) is 11.6 Å². The first-order chi connectivity index (χ1) is 14.1. The molecule has 2 aromatic rings. The number of nitrogens with zero attached hydrogens (tertiary/aromatic N) is 3. The highest BCUT2D eigenvalue weighted by Crippen LogP contribution is 2.23. The van der Waals surface area contributed by atoms with Gasteiger partial charge in [0.25, 0.3) is 0 Å². The summed E-state index contributed by atoms with van der Waals surface area (Å²) in [4.78, 5) is 19.5. The molecule has 2 saturated heterocycles. The Labute approximate surface area is 170 Å². The van der Waals surface area contributed by atoms with Crippen LogP contribution in [0, 0.1) is 17.6 Å². The van der Waals surface area contributed by atoms with E-state index < -0.39 is 0 Å². The topological polar surface area (TPSA) is 26.8 Å². The highest BCUT2D eigenvalue weighted by atomic mass is 19.1. The lowest BCUT2D eigenvalue weighted by molar-refractivity contribution is -0.137. The predicted octanol–water partition coefficient (Wildman–Crippen LogP) is 3.53. The number of amides is 1. The van der Waals surface area contributed by atoms with E-state index in [1.165, 1.54) is 24.3 Å². The zero-order chi connectivity index (χ0) is 20.2. The van der Waals surface area contributed by atoms with Gasteiger partial charge in [-0.15, -0.1) is 0 Å². The molecule has 0 radical (unpaired) electrons. The van der Waals surface area contributed by atoms with E-state index in [1.54, 1.807) is 12.1 Å². The fourth-order valence-corrected chi connectivity index (χ4v) is 4.34. The predicted molar refractivity (Wildman–Crippen MR) is 110 cm³/mol. The number of piperidine rings is 1. The molecule has 2 aromatic carbocycles. The van der Waals surface area contributed by atoms with Crippen molar-refractivity contribution in [3.63, 3.8) is 0 Å². The van der Waals surface area contributed by atoms with Crippen molar-refractivity contribution in [3.8, 4) is 0 Å². The summed E-state index contributed by atoms with van der Waals surface area (Å²) in [5.41, 5.74) is 2.08. The largest absolute Gasteiger partial charge is 0.368 e. The highest BCUT2D eigenvalue weighted by Gasteiger charge is 2.31. The molecule has 0 spiro atoms. The molecule has 2 fully saturated rings. The van der Waals surface area contributed by atoms with E-state index in [0.29, 0.717) is 13.1 Å². The maximum Gasteiger partial charge on any atom is 0.227 e. The van der Waals surface area contributed by atoms with E-state index in [4.69, 9.17) is 0 Å². The van der Waals surface area contributed by atoms with Crippen LogP contribution in [0.15, 0.2) is 48.5 Å². The molecule has 2 aliphatic rings. The molecular weight excluding hydrogens is 372 g/mol. The second-order valence-corrected chi connectivity index (χ2v) is 7.99. The number of carbonyl (C=O) groups is 1. The Morgan fingerprint density at radius 1 is 0.862 bits per heavy atom. The molecule has 0 N–H and O–H groups in total. The number of anilines is 1. The van der Waals surface area contributed by atoms with Crippen molar-refractivity contribution in [3.05, 3.63) is 65.7 Å². The molecule has 1 unspecified atom stereocenters. The van der Waals surface area contributed by atoms with Crippen molar-refractivity contribution >= 4 is 11.6 Å². The first-order valence-electron chi connectivity index (χ1n) is 10.3. The molecule has 1 atom stereocenters. The Hall–Kier alpha value is -2.47. The van der Waals surface area contributed by atoms with Crippen LogP contribution in [-0.2, 0) is 11.3 Å². The Bertz CT molecular complexity index is 817.